The Balaban J connectivity index is 2.19. The van der Waals surface area contributed by atoms with Crippen LogP contribution in [0, 0.1) is 0 Å². The van der Waals surface area contributed by atoms with Crippen LogP contribution in [-0.4, -0.2) is 48.5 Å². The topological polar surface area (TPSA) is 82.7 Å². The highest BCUT2D eigenvalue weighted by Crippen LogP contribution is 2.30. The molecule has 0 amide bonds. The number of hydrogen-bond acceptors (Lipinski definition) is 6. The molecule has 2 aromatic rings. The largest absolute Gasteiger partial charge is 0.487 e. The summed E-state index contributed by atoms with van der Waals surface area (Å²) >= 11 is 10.9. The third-order valence-electron chi connectivity index (χ3n) is 2.83. The van der Waals surface area contributed by atoms with Crippen LogP contribution in [0.3, 0.4) is 0 Å². The highest BCUT2D eigenvalue weighted by molar-refractivity contribution is 6.17. The average molecular weight is 363 g/mol. The predicted octanol–water partition coefficient (Wildman–Crippen LogP) is 2.11. The van der Waals surface area contributed by atoms with Crippen LogP contribution in [0.5, 0.6) is 11.5 Å². The lowest BCUT2D eigenvalue weighted by Crippen LogP contribution is -2.11. The molecule has 0 aliphatic heterocycles. The summed E-state index contributed by atoms with van der Waals surface area (Å²) in [5, 5.41) is 0.408. The Labute approximate surface area is 142 Å². The molecule has 0 unspecified atom stereocenters. The number of rotatable bonds is 10. The van der Waals surface area contributed by atoms with Crippen LogP contribution < -0.4 is 15.0 Å². The van der Waals surface area contributed by atoms with Gasteiger partial charge in [0.05, 0.1) is 30.4 Å². The van der Waals surface area contributed by atoms with Crippen molar-refractivity contribution in [3.63, 3.8) is 0 Å². The van der Waals surface area contributed by atoms with Crippen molar-refractivity contribution in [3.05, 3.63) is 28.8 Å². The molecule has 0 bridgehead atoms. The van der Waals surface area contributed by atoms with E-state index in [1.165, 1.54) is 6.33 Å². The van der Waals surface area contributed by atoms with Gasteiger partial charge < -0.3 is 23.9 Å². The minimum absolute atomic E-state index is 0.0871. The molecule has 1 aromatic heterocycles. The number of nitrogens with one attached hydrogen (secondary N) is 1. The number of halogens is 2. The van der Waals surface area contributed by atoms with Crippen molar-refractivity contribution in [1.82, 2.24) is 9.97 Å². The van der Waals surface area contributed by atoms with E-state index < -0.39 is 0 Å². The van der Waals surface area contributed by atoms with Gasteiger partial charge in [-0.15, -0.1) is 0 Å². The third-order valence-corrected chi connectivity index (χ3v) is 3.14. The zero-order valence-corrected chi connectivity index (χ0v) is 13.7. The first-order valence-corrected chi connectivity index (χ1v) is 7.87. The van der Waals surface area contributed by atoms with Gasteiger partial charge in [0.1, 0.15) is 25.3 Å². The number of aromatic nitrogens is 2. The first kappa shape index (κ1) is 17.8. The van der Waals surface area contributed by atoms with Crippen molar-refractivity contribution < 1.29 is 18.9 Å². The Morgan fingerprint density at radius 3 is 2.17 bits per heavy atom. The lowest BCUT2D eigenvalue weighted by molar-refractivity contribution is 0.120. The molecule has 0 fully saturated rings. The van der Waals surface area contributed by atoms with Crippen molar-refractivity contribution in [1.29, 1.82) is 0 Å². The maximum atomic E-state index is 11.8. The molecule has 126 valence electrons. The van der Waals surface area contributed by atoms with Gasteiger partial charge >= 0.3 is 0 Å². The van der Waals surface area contributed by atoms with Crippen LogP contribution >= 0.6 is 23.2 Å². The standard InChI is InChI=1S/C14H16Cl2N2O5/c15-7-20-1-3-22-12-5-10-11(17-9-18-14(10)19)6-13(12)23-4-2-21-8-16/h5-6,9H,1-4,7-8H2,(H,17,18,19). The fourth-order valence-electron chi connectivity index (χ4n) is 1.83. The number of aromatic amines is 1. The molecule has 23 heavy (non-hydrogen) atoms. The van der Waals surface area contributed by atoms with Gasteiger partial charge in [0.2, 0.25) is 0 Å². The van der Waals surface area contributed by atoms with Gasteiger partial charge in [-0.05, 0) is 6.07 Å². The molecule has 0 spiro atoms. The van der Waals surface area contributed by atoms with Crippen LogP contribution in [0.15, 0.2) is 23.3 Å². The Morgan fingerprint density at radius 2 is 1.57 bits per heavy atom. The molecule has 0 atom stereocenters. The van der Waals surface area contributed by atoms with Gasteiger partial charge in [-0.25, -0.2) is 4.98 Å². The molecule has 9 heteroatoms. The Morgan fingerprint density at radius 1 is 0.957 bits per heavy atom. The third kappa shape index (κ3) is 5.24. The van der Waals surface area contributed by atoms with Crippen LogP contribution in [0.2, 0.25) is 0 Å². The Bertz CT molecular complexity index is 680. The van der Waals surface area contributed by atoms with E-state index in [0.29, 0.717) is 35.6 Å². The van der Waals surface area contributed by atoms with Crippen molar-refractivity contribution in [2.75, 3.05) is 38.6 Å². The van der Waals surface area contributed by atoms with Crippen LogP contribution in [0.1, 0.15) is 0 Å². The average Bonchev–Trinajstić information content (AvgIpc) is 2.56. The second-order valence-corrected chi connectivity index (χ2v) is 4.72. The van der Waals surface area contributed by atoms with E-state index in [4.69, 9.17) is 42.1 Å². The fourth-order valence-corrected chi connectivity index (χ4v) is 2.05. The first-order chi connectivity index (χ1) is 11.3. The number of ether oxygens (including phenoxy) is 4. The van der Waals surface area contributed by atoms with Crippen molar-refractivity contribution in [2.24, 2.45) is 0 Å². The summed E-state index contributed by atoms with van der Waals surface area (Å²) in [6.07, 6.45) is 1.33. The van der Waals surface area contributed by atoms with Crippen LogP contribution in [-0.2, 0) is 9.47 Å². The van der Waals surface area contributed by atoms with E-state index >= 15 is 0 Å². The number of hydrogen-bond donors (Lipinski definition) is 1. The van der Waals surface area contributed by atoms with E-state index in [2.05, 4.69) is 9.97 Å². The van der Waals surface area contributed by atoms with Gasteiger partial charge in [-0.1, -0.05) is 23.2 Å². The molecule has 0 aliphatic rings. The fraction of sp³-hybridized carbons (Fsp3) is 0.429. The molecule has 0 aliphatic carbocycles. The van der Waals surface area contributed by atoms with Crippen molar-refractivity contribution >= 4 is 34.1 Å². The molecule has 0 saturated carbocycles. The normalized spacial score (nSPS) is 10.9. The van der Waals surface area contributed by atoms with E-state index in [9.17, 15) is 4.79 Å². The highest BCUT2D eigenvalue weighted by Gasteiger charge is 2.11. The number of alkyl halides is 2. The molecular formula is C14H16Cl2N2O5. The number of nitrogens with zero attached hydrogens (tertiary/aromatic N) is 1. The lowest BCUT2D eigenvalue weighted by atomic mass is 10.2. The minimum Gasteiger partial charge on any atom is -0.487 e. The van der Waals surface area contributed by atoms with Gasteiger partial charge in [0.15, 0.2) is 11.5 Å². The second-order valence-electron chi connectivity index (χ2n) is 4.28. The summed E-state index contributed by atoms with van der Waals surface area (Å²) in [4.78, 5) is 18.5. The molecule has 0 saturated heterocycles. The summed E-state index contributed by atoms with van der Waals surface area (Å²) in [6.45, 7) is 1.21. The highest BCUT2D eigenvalue weighted by atomic mass is 35.5. The molecule has 7 nitrogen and oxygen atoms in total. The lowest BCUT2D eigenvalue weighted by Gasteiger charge is -2.13. The summed E-state index contributed by atoms with van der Waals surface area (Å²) < 4.78 is 21.2. The van der Waals surface area contributed by atoms with Crippen molar-refractivity contribution in [2.45, 2.75) is 0 Å². The van der Waals surface area contributed by atoms with Gasteiger partial charge in [-0.2, -0.15) is 0 Å². The van der Waals surface area contributed by atoms with E-state index in [-0.39, 0.29) is 30.9 Å². The van der Waals surface area contributed by atoms with Crippen LogP contribution in [0.4, 0.5) is 0 Å². The van der Waals surface area contributed by atoms with Crippen molar-refractivity contribution in [3.8, 4) is 11.5 Å². The van der Waals surface area contributed by atoms with Gasteiger partial charge in [-0.3, -0.25) is 4.79 Å². The van der Waals surface area contributed by atoms with E-state index in [1.807, 2.05) is 0 Å². The van der Waals surface area contributed by atoms with Gasteiger partial charge in [0.25, 0.3) is 5.56 Å². The number of fused-ring (bicyclic) bond motifs is 1. The Kier molecular flexibility index (Phi) is 7.41. The first-order valence-electron chi connectivity index (χ1n) is 6.80. The minimum atomic E-state index is -0.256. The second kappa shape index (κ2) is 9.57. The smallest absolute Gasteiger partial charge is 0.258 e. The molecule has 1 heterocycles. The number of H-pyrrole nitrogens is 1. The summed E-state index contributed by atoms with van der Waals surface area (Å²) in [7, 11) is 0. The molecule has 2 rings (SSSR count). The molecular weight excluding hydrogens is 347 g/mol. The Hall–Kier alpha value is -1.54. The van der Waals surface area contributed by atoms with Gasteiger partial charge in [0, 0.05) is 6.07 Å². The molecule has 0 radical (unpaired) electrons. The maximum Gasteiger partial charge on any atom is 0.258 e. The quantitative estimate of drug-likeness (QED) is 0.514. The zero-order chi connectivity index (χ0) is 16.5. The summed E-state index contributed by atoms with van der Waals surface area (Å²) in [5.74, 6) is 0.875. The SMILES string of the molecule is O=c1[nH]cnc2cc(OCCOCCl)c(OCCOCCl)cc12. The summed E-state index contributed by atoms with van der Waals surface area (Å²) in [5.41, 5.74) is 0.250. The van der Waals surface area contributed by atoms with E-state index in [0.717, 1.165) is 0 Å². The molecule has 1 N–H and O–H groups in total. The van der Waals surface area contributed by atoms with Crippen LogP contribution in [0.25, 0.3) is 10.9 Å². The predicted molar refractivity (Wildman–Crippen MR) is 86.7 cm³/mol. The van der Waals surface area contributed by atoms with E-state index in [1.54, 1.807) is 12.1 Å². The summed E-state index contributed by atoms with van der Waals surface area (Å²) in [6, 6.07) is 3.41. The maximum absolute atomic E-state index is 11.8. The number of benzene rings is 1. The molecule has 1 aromatic carbocycles. The monoisotopic (exact) mass is 362 g/mol. The zero-order valence-electron chi connectivity index (χ0n) is 12.2.